The predicted molar refractivity (Wildman–Crippen MR) is 55.7 cm³/mol. The molecule has 0 aliphatic rings. The van der Waals surface area contributed by atoms with Gasteiger partial charge in [-0.3, -0.25) is 4.79 Å². The van der Waals surface area contributed by atoms with E-state index in [1.54, 1.807) is 12.1 Å². The molecule has 0 atom stereocenters. The number of benzene rings is 1. The Morgan fingerprint density at radius 3 is 2.60 bits per heavy atom. The molecule has 0 aliphatic heterocycles. The topological polar surface area (TPSA) is 63.6 Å². The molecular formula is C11H12O4. The van der Waals surface area contributed by atoms with Gasteiger partial charge < -0.3 is 9.84 Å². The summed E-state index contributed by atoms with van der Waals surface area (Å²) < 4.78 is 4.89. The van der Waals surface area contributed by atoms with E-state index in [9.17, 15) is 4.79 Å². The molecule has 80 valence electrons. The highest BCUT2D eigenvalue weighted by Gasteiger charge is 1.97. The molecule has 0 bridgehead atoms. The first-order valence-electron chi connectivity index (χ1n) is 4.12. The zero-order valence-electron chi connectivity index (χ0n) is 8.34. The van der Waals surface area contributed by atoms with Gasteiger partial charge in [0.1, 0.15) is 5.75 Å². The quantitative estimate of drug-likeness (QED) is 0.348. The van der Waals surface area contributed by atoms with Crippen LogP contribution in [0, 0.1) is 6.92 Å². The molecule has 4 nitrogen and oxygen atoms in total. The van der Waals surface area contributed by atoms with Crippen molar-refractivity contribution in [3.8, 4) is 5.75 Å². The molecule has 0 saturated heterocycles. The first kappa shape index (κ1) is 12.9. The Morgan fingerprint density at radius 1 is 1.53 bits per heavy atom. The van der Waals surface area contributed by atoms with Crippen molar-refractivity contribution in [3.63, 3.8) is 0 Å². The Kier molecular flexibility index (Phi) is 6.29. The molecular weight excluding hydrogens is 196 g/mol. The van der Waals surface area contributed by atoms with Crippen molar-refractivity contribution in [2.75, 3.05) is 0 Å². The van der Waals surface area contributed by atoms with Crippen molar-refractivity contribution in [1.82, 2.24) is 0 Å². The second-order valence-corrected chi connectivity index (χ2v) is 2.55. The van der Waals surface area contributed by atoms with Crippen LogP contribution in [0.5, 0.6) is 5.75 Å². The van der Waals surface area contributed by atoms with E-state index in [2.05, 4.69) is 6.58 Å². The van der Waals surface area contributed by atoms with Crippen LogP contribution in [-0.4, -0.2) is 17.5 Å². The molecule has 0 aromatic heterocycles. The second kappa shape index (κ2) is 7.32. The Labute approximate surface area is 87.8 Å². The van der Waals surface area contributed by atoms with Gasteiger partial charge in [0, 0.05) is 6.08 Å². The molecule has 15 heavy (non-hydrogen) atoms. The SMILES string of the molecule is C=CC(=O)Oc1cccc(C)c1.O=CO. The highest BCUT2D eigenvalue weighted by Crippen LogP contribution is 2.12. The summed E-state index contributed by atoms with van der Waals surface area (Å²) in [4.78, 5) is 19.1. The number of carbonyl (C=O) groups excluding carboxylic acids is 1. The number of hydrogen-bond donors (Lipinski definition) is 1. The van der Waals surface area contributed by atoms with Crippen LogP contribution in [0.1, 0.15) is 5.56 Å². The molecule has 1 aromatic carbocycles. The van der Waals surface area contributed by atoms with Crippen molar-refractivity contribution in [1.29, 1.82) is 0 Å². The fraction of sp³-hybridized carbons (Fsp3) is 0.0909. The summed E-state index contributed by atoms with van der Waals surface area (Å²) in [5.41, 5.74) is 1.06. The fourth-order valence-corrected chi connectivity index (χ4v) is 0.837. The maximum absolute atomic E-state index is 10.8. The van der Waals surface area contributed by atoms with Crippen molar-refractivity contribution in [2.45, 2.75) is 6.92 Å². The van der Waals surface area contributed by atoms with Crippen molar-refractivity contribution >= 4 is 12.4 Å². The normalized spacial score (nSPS) is 8.07. The number of carboxylic acid groups (broad SMARTS) is 1. The van der Waals surface area contributed by atoms with Crippen LogP contribution in [0.15, 0.2) is 36.9 Å². The number of rotatable bonds is 2. The zero-order chi connectivity index (χ0) is 11.7. The van der Waals surface area contributed by atoms with Crippen molar-refractivity contribution in [3.05, 3.63) is 42.5 Å². The lowest BCUT2D eigenvalue weighted by atomic mass is 10.2. The van der Waals surface area contributed by atoms with Gasteiger partial charge in [-0.1, -0.05) is 18.7 Å². The van der Waals surface area contributed by atoms with Crippen molar-refractivity contribution in [2.24, 2.45) is 0 Å². The summed E-state index contributed by atoms with van der Waals surface area (Å²) in [6, 6.07) is 7.29. The van der Waals surface area contributed by atoms with E-state index in [0.29, 0.717) is 5.75 Å². The molecule has 0 aliphatic carbocycles. The Hall–Kier alpha value is -2.10. The van der Waals surface area contributed by atoms with Gasteiger partial charge in [0.2, 0.25) is 0 Å². The van der Waals surface area contributed by atoms with Crippen LogP contribution in [0.3, 0.4) is 0 Å². The third kappa shape index (κ3) is 6.04. The van der Waals surface area contributed by atoms with Crippen LogP contribution in [0.2, 0.25) is 0 Å². The van der Waals surface area contributed by atoms with E-state index in [4.69, 9.17) is 14.6 Å². The minimum absolute atomic E-state index is 0.250. The first-order valence-corrected chi connectivity index (χ1v) is 4.12. The predicted octanol–water partition coefficient (Wildman–Crippen LogP) is 1.79. The van der Waals surface area contributed by atoms with Crippen LogP contribution in [0.4, 0.5) is 0 Å². The van der Waals surface area contributed by atoms with Crippen molar-refractivity contribution < 1.29 is 19.4 Å². The molecule has 1 rings (SSSR count). The zero-order valence-corrected chi connectivity index (χ0v) is 8.34. The maximum Gasteiger partial charge on any atom is 0.335 e. The monoisotopic (exact) mass is 208 g/mol. The number of aryl methyl sites for hydroxylation is 1. The van der Waals surface area contributed by atoms with E-state index >= 15 is 0 Å². The van der Waals surface area contributed by atoms with E-state index in [0.717, 1.165) is 11.6 Å². The Bertz CT molecular complexity index is 344. The van der Waals surface area contributed by atoms with E-state index < -0.39 is 5.97 Å². The van der Waals surface area contributed by atoms with Gasteiger partial charge in [-0.05, 0) is 24.6 Å². The number of hydrogen-bond acceptors (Lipinski definition) is 3. The molecule has 1 N–H and O–H groups in total. The second-order valence-electron chi connectivity index (χ2n) is 2.55. The first-order chi connectivity index (χ1) is 7.13. The average molecular weight is 208 g/mol. The number of ether oxygens (including phenoxy) is 1. The largest absolute Gasteiger partial charge is 0.483 e. The van der Waals surface area contributed by atoms with E-state index in [-0.39, 0.29) is 6.47 Å². The van der Waals surface area contributed by atoms with Gasteiger partial charge in [0.05, 0.1) is 0 Å². The molecule has 0 unspecified atom stereocenters. The van der Waals surface area contributed by atoms with Crippen LogP contribution >= 0.6 is 0 Å². The summed E-state index contributed by atoms with van der Waals surface area (Å²) >= 11 is 0. The molecule has 1 aromatic rings. The van der Waals surface area contributed by atoms with Gasteiger partial charge in [0.25, 0.3) is 6.47 Å². The van der Waals surface area contributed by atoms with Gasteiger partial charge in [-0.2, -0.15) is 0 Å². The Morgan fingerprint density at radius 2 is 2.13 bits per heavy atom. The molecule has 0 radical (unpaired) electrons. The van der Waals surface area contributed by atoms with Gasteiger partial charge in [0.15, 0.2) is 0 Å². The van der Waals surface area contributed by atoms with Crippen LogP contribution in [0.25, 0.3) is 0 Å². The third-order valence-electron chi connectivity index (χ3n) is 1.37. The van der Waals surface area contributed by atoms with Crippen LogP contribution in [-0.2, 0) is 9.59 Å². The lowest BCUT2D eigenvalue weighted by Gasteiger charge is -2.00. The summed E-state index contributed by atoms with van der Waals surface area (Å²) in [6.07, 6.45) is 1.14. The highest BCUT2D eigenvalue weighted by atomic mass is 16.5. The summed E-state index contributed by atoms with van der Waals surface area (Å²) in [7, 11) is 0. The summed E-state index contributed by atoms with van der Waals surface area (Å²) in [6.45, 7) is 4.99. The smallest absolute Gasteiger partial charge is 0.335 e. The van der Waals surface area contributed by atoms with Gasteiger partial charge in [-0.15, -0.1) is 0 Å². The Balaban J connectivity index is 0.000000583. The number of carbonyl (C=O) groups is 2. The molecule has 0 heterocycles. The minimum atomic E-state index is -0.430. The molecule has 4 heteroatoms. The molecule has 0 amide bonds. The van der Waals surface area contributed by atoms with Gasteiger partial charge >= 0.3 is 5.97 Å². The van der Waals surface area contributed by atoms with E-state index in [1.165, 1.54) is 0 Å². The minimum Gasteiger partial charge on any atom is -0.483 e. The molecule has 0 saturated carbocycles. The van der Waals surface area contributed by atoms with Gasteiger partial charge in [-0.25, -0.2) is 4.79 Å². The standard InChI is InChI=1S/C10H10O2.CH2O2/c1-3-10(11)12-9-6-4-5-8(2)7-9;2-1-3/h3-7H,1H2,2H3;1H,(H,2,3). The summed E-state index contributed by atoms with van der Waals surface area (Å²) in [5.74, 6) is 0.125. The lowest BCUT2D eigenvalue weighted by Crippen LogP contribution is -2.02. The third-order valence-corrected chi connectivity index (χ3v) is 1.37. The molecule has 0 fully saturated rings. The molecule has 0 spiro atoms. The lowest BCUT2D eigenvalue weighted by molar-refractivity contribution is -0.129. The summed E-state index contributed by atoms with van der Waals surface area (Å²) in [5, 5.41) is 6.89. The van der Waals surface area contributed by atoms with E-state index in [1.807, 2.05) is 19.1 Å². The average Bonchev–Trinajstić information content (AvgIpc) is 2.19. The highest BCUT2D eigenvalue weighted by molar-refractivity contribution is 5.83. The number of esters is 1. The fourth-order valence-electron chi connectivity index (χ4n) is 0.837. The maximum atomic E-state index is 10.8. The van der Waals surface area contributed by atoms with Crippen LogP contribution < -0.4 is 4.74 Å².